The summed E-state index contributed by atoms with van der Waals surface area (Å²) in [5.41, 5.74) is 2.74. The minimum Gasteiger partial charge on any atom is -0.351 e. The van der Waals surface area contributed by atoms with E-state index in [0.29, 0.717) is 0 Å². The summed E-state index contributed by atoms with van der Waals surface area (Å²) in [6.07, 6.45) is 0. The van der Waals surface area contributed by atoms with Gasteiger partial charge >= 0.3 is 0 Å². The van der Waals surface area contributed by atoms with Gasteiger partial charge in [0, 0.05) is 46.3 Å². The first-order chi connectivity index (χ1) is 16.0. The van der Waals surface area contributed by atoms with Crippen LogP contribution in [0, 0.1) is 0 Å². The fraction of sp³-hybridized carbons (Fsp3) is 0.267. The Morgan fingerprint density at radius 3 is 1.09 bits per heavy atom. The van der Waals surface area contributed by atoms with Crippen LogP contribution in [0.25, 0.3) is 54.1 Å². The Morgan fingerprint density at radius 2 is 0.735 bits per heavy atom. The van der Waals surface area contributed by atoms with Crippen LogP contribution in [0.4, 0.5) is 0 Å². The van der Waals surface area contributed by atoms with Crippen LogP contribution >= 0.6 is 0 Å². The topological polar surface area (TPSA) is 9.86 Å². The van der Waals surface area contributed by atoms with Gasteiger partial charge in [-0.25, -0.2) is 0 Å². The van der Waals surface area contributed by atoms with E-state index in [0.717, 1.165) is 0 Å². The van der Waals surface area contributed by atoms with Crippen LogP contribution in [-0.2, 0) is 14.1 Å². The molecule has 0 bridgehead atoms. The van der Waals surface area contributed by atoms with Gasteiger partial charge in [-0.1, -0.05) is 87.8 Å². The second-order valence-corrected chi connectivity index (χ2v) is 22.1. The summed E-state index contributed by atoms with van der Waals surface area (Å²) in [4.78, 5) is 0. The largest absolute Gasteiger partial charge is 0.351 e. The van der Waals surface area contributed by atoms with E-state index in [1.165, 1.54) is 64.8 Å². The zero-order chi connectivity index (χ0) is 24.2. The van der Waals surface area contributed by atoms with Crippen molar-refractivity contribution in [3.05, 3.63) is 60.7 Å². The maximum Gasteiger partial charge on any atom is 0.0984 e. The number of fused-ring (bicyclic) bond motifs is 9. The lowest BCUT2D eigenvalue weighted by molar-refractivity contribution is 0.999. The van der Waals surface area contributed by atoms with Crippen LogP contribution in [-0.4, -0.2) is 25.3 Å². The third kappa shape index (κ3) is 2.91. The van der Waals surface area contributed by atoms with Gasteiger partial charge in [0.05, 0.1) is 27.2 Å². The number of nitrogens with zero attached hydrogens (tertiary/aromatic N) is 2. The van der Waals surface area contributed by atoms with Crippen molar-refractivity contribution < 1.29 is 0 Å². The molecule has 0 N–H and O–H groups in total. The molecule has 0 aliphatic rings. The molecule has 6 rings (SSSR count). The summed E-state index contributed by atoms with van der Waals surface area (Å²) in [6, 6.07) is 23.6. The van der Waals surface area contributed by atoms with E-state index in [1.807, 2.05) is 0 Å². The van der Waals surface area contributed by atoms with E-state index in [-0.39, 0.29) is 0 Å². The highest BCUT2D eigenvalue weighted by atomic mass is 28.3. The molecule has 0 saturated heterocycles. The molecule has 0 amide bonds. The van der Waals surface area contributed by atoms with Gasteiger partial charge in [-0.05, 0) is 33.7 Å². The third-order valence-corrected chi connectivity index (χ3v) is 11.7. The van der Waals surface area contributed by atoms with Crippen molar-refractivity contribution in [2.45, 2.75) is 39.3 Å². The summed E-state index contributed by atoms with van der Waals surface area (Å²) in [6.45, 7) is 14.6. The molecule has 0 saturated carbocycles. The number of aryl methyl sites for hydroxylation is 2. The molecule has 0 atom stereocenters. The van der Waals surface area contributed by atoms with Gasteiger partial charge in [0.25, 0.3) is 0 Å². The highest BCUT2D eigenvalue weighted by Crippen LogP contribution is 2.37. The predicted octanol–water partition coefficient (Wildman–Crippen LogP) is 7.22. The van der Waals surface area contributed by atoms with Crippen molar-refractivity contribution in [3.8, 4) is 0 Å². The number of aromatic nitrogens is 2. The normalized spacial score (nSPS) is 13.3. The molecule has 0 unspecified atom stereocenters. The summed E-state index contributed by atoms with van der Waals surface area (Å²) >= 11 is 0. The Hall–Kier alpha value is -2.83. The second-order valence-electron chi connectivity index (χ2n) is 12.1. The highest BCUT2D eigenvalue weighted by Gasteiger charge is 2.24. The Kier molecular flexibility index (Phi) is 4.38. The van der Waals surface area contributed by atoms with Crippen LogP contribution in [0.2, 0.25) is 39.3 Å². The molecule has 6 aromatic rings. The van der Waals surface area contributed by atoms with E-state index in [1.54, 1.807) is 0 Å². The quantitative estimate of drug-likeness (QED) is 0.184. The average Bonchev–Trinajstić information content (AvgIpc) is 3.30. The Labute approximate surface area is 203 Å². The minimum absolute atomic E-state index is 1.35. The molecule has 2 nitrogen and oxygen atoms in total. The van der Waals surface area contributed by atoms with Crippen molar-refractivity contribution in [2.75, 3.05) is 0 Å². The monoisotopic (exact) mass is 478 g/mol. The molecule has 172 valence electrons. The Bertz CT molecular complexity index is 1650. The summed E-state index contributed by atoms with van der Waals surface area (Å²) < 4.78 is 4.92. The van der Waals surface area contributed by atoms with Crippen molar-refractivity contribution in [1.82, 2.24) is 9.13 Å². The number of hydrogen-bond acceptors (Lipinski definition) is 0. The number of hydrogen-bond donors (Lipinski definition) is 0. The minimum atomic E-state index is -1.42. The maximum atomic E-state index is 2.46. The first-order valence-corrected chi connectivity index (χ1v) is 19.3. The van der Waals surface area contributed by atoms with E-state index in [4.69, 9.17) is 0 Å². The third-order valence-electron chi connectivity index (χ3n) is 7.72. The number of rotatable bonds is 2. The molecule has 2 aromatic heterocycles. The molecule has 4 aromatic carbocycles. The fourth-order valence-electron chi connectivity index (χ4n) is 6.19. The first-order valence-electron chi connectivity index (χ1n) is 12.3. The zero-order valence-electron chi connectivity index (χ0n) is 21.7. The summed E-state index contributed by atoms with van der Waals surface area (Å²) in [5.74, 6) is 0. The van der Waals surface area contributed by atoms with Gasteiger partial charge in [-0.3, -0.25) is 0 Å². The van der Waals surface area contributed by atoms with E-state index < -0.39 is 16.1 Å². The Balaban J connectivity index is 1.70. The lowest BCUT2D eigenvalue weighted by Gasteiger charge is -2.18. The number of benzene rings is 4. The summed E-state index contributed by atoms with van der Waals surface area (Å²) in [7, 11) is 1.67. The summed E-state index contributed by atoms with van der Waals surface area (Å²) in [5, 5.41) is 13.9. The maximum absolute atomic E-state index is 2.46. The standard InChI is InChI=1S/C30H34N2Si2/c1-31-27(33(3,4)5)17-19-9-11-23-21-14-16-26-24(22(21)13-15-25(23)29(19)31)12-10-20-18-28(34(6,7)8)32(2)30(20)26/h9-18H,1-8H3. The average molecular weight is 479 g/mol. The molecule has 0 fully saturated rings. The van der Waals surface area contributed by atoms with Crippen molar-refractivity contribution >= 4 is 80.9 Å². The lowest BCUT2D eigenvalue weighted by Crippen LogP contribution is -2.41. The van der Waals surface area contributed by atoms with Crippen LogP contribution < -0.4 is 10.6 Å². The van der Waals surface area contributed by atoms with Gasteiger partial charge in [-0.15, -0.1) is 0 Å². The molecule has 0 aliphatic carbocycles. The molecular weight excluding hydrogens is 445 g/mol. The van der Waals surface area contributed by atoms with Crippen LogP contribution in [0.1, 0.15) is 0 Å². The molecule has 34 heavy (non-hydrogen) atoms. The molecule has 0 spiro atoms. The second kappa shape index (κ2) is 6.86. The van der Waals surface area contributed by atoms with Gasteiger partial charge in [0.1, 0.15) is 0 Å². The van der Waals surface area contributed by atoms with E-state index in [9.17, 15) is 0 Å². The molecule has 2 heterocycles. The molecule has 4 heteroatoms. The molecule has 0 aliphatic heterocycles. The zero-order valence-corrected chi connectivity index (χ0v) is 23.7. The van der Waals surface area contributed by atoms with Gasteiger partial charge < -0.3 is 9.13 Å². The molecule has 0 radical (unpaired) electrons. The van der Waals surface area contributed by atoms with E-state index in [2.05, 4.69) is 123 Å². The van der Waals surface area contributed by atoms with Crippen LogP contribution in [0.5, 0.6) is 0 Å². The van der Waals surface area contributed by atoms with Crippen molar-refractivity contribution in [3.63, 3.8) is 0 Å². The van der Waals surface area contributed by atoms with Gasteiger partial charge in [0.15, 0.2) is 0 Å². The molecular formula is C30H34N2Si2. The SMILES string of the molecule is Cn1c([Si](C)(C)C)cc2ccc3c4ccc5c(ccc6cc([Si](C)(C)C)n(C)c65)c4ccc3c21. The Morgan fingerprint density at radius 1 is 0.441 bits per heavy atom. The van der Waals surface area contributed by atoms with Gasteiger partial charge in [-0.2, -0.15) is 0 Å². The van der Waals surface area contributed by atoms with E-state index >= 15 is 0 Å². The lowest BCUT2D eigenvalue weighted by atomic mass is 9.95. The predicted molar refractivity (Wildman–Crippen MR) is 158 cm³/mol. The fourth-order valence-corrected chi connectivity index (χ4v) is 9.60. The van der Waals surface area contributed by atoms with Crippen molar-refractivity contribution in [1.29, 1.82) is 0 Å². The van der Waals surface area contributed by atoms with Gasteiger partial charge in [0.2, 0.25) is 0 Å². The van der Waals surface area contributed by atoms with Crippen LogP contribution in [0.3, 0.4) is 0 Å². The van der Waals surface area contributed by atoms with Crippen molar-refractivity contribution in [2.24, 2.45) is 14.1 Å². The highest BCUT2D eigenvalue weighted by molar-refractivity contribution is 6.89. The smallest absolute Gasteiger partial charge is 0.0984 e. The first kappa shape index (κ1) is 21.7. The van der Waals surface area contributed by atoms with Crippen LogP contribution in [0.15, 0.2) is 60.7 Å².